The summed E-state index contributed by atoms with van der Waals surface area (Å²) in [6, 6.07) is 1.88. The van der Waals surface area contributed by atoms with Gasteiger partial charge in [0.1, 0.15) is 0 Å². The summed E-state index contributed by atoms with van der Waals surface area (Å²) in [5.74, 6) is 0.140. The molecule has 1 aromatic rings. The molecular formula is C17H26N4O3. The van der Waals surface area contributed by atoms with Crippen molar-refractivity contribution in [3.05, 3.63) is 18.5 Å². The first kappa shape index (κ1) is 17.0. The highest BCUT2D eigenvalue weighted by Gasteiger charge is 2.26. The molecule has 1 atom stereocenters. The van der Waals surface area contributed by atoms with Gasteiger partial charge in [-0.2, -0.15) is 5.10 Å². The predicted molar refractivity (Wildman–Crippen MR) is 88.2 cm³/mol. The lowest BCUT2D eigenvalue weighted by Crippen LogP contribution is -2.45. The molecule has 0 radical (unpaired) electrons. The van der Waals surface area contributed by atoms with Crippen LogP contribution in [0.3, 0.4) is 0 Å². The van der Waals surface area contributed by atoms with Crippen molar-refractivity contribution in [2.24, 2.45) is 0 Å². The minimum absolute atomic E-state index is 0.0289. The monoisotopic (exact) mass is 334 g/mol. The van der Waals surface area contributed by atoms with E-state index in [9.17, 15) is 9.59 Å². The van der Waals surface area contributed by atoms with Gasteiger partial charge in [0.15, 0.2) is 0 Å². The summed E-state index contributed by atoms with van der Waals surface area (Å²) in [5, 5.41) is 4.21. The zero-order valence-electron chi connectivity index (χ0n) is 14.1. The normalized spacial score (nSPS) is 23.0. The maximum atomic E-state index is 12.7. The first-order valence-corrected chi connectivity index (χ1v) is 8.87. The largest absolute Gasteiger partial charge is 0.374 e. The van der Waals surface area contributed by atoms with Gasteiger partial charge in [-0.1, -0.05) is 6.42 Å². The van der Waals surface area contributed by atoms with Crippen LogP contribution in [-0.4, -0.2) is 70.3 Å². The summed E-state index contributed by atoms with van der Waals surface area (Å²) >= 11 is 0. The Kier molecular flexibility index (Phi) is 5.85. The third kappa shape index (κ3) is 4.56. The zero-order valence-corrected chi connectivity index (χ0v) is 14.1. The van der Waals surface area contributed by atoms with Crippen LogP contribution >= 0.6 is 0 Å². The standard InChI is InChI=1S/C17H26N4O3/c22-16-6-2-1-3-8-20(16)14-17(23)19-9-5-11-24-15(12-19)13-21-10-4-7-18-21/h4,7,10,15H,1-3,5-6,8-9,11-14H2. The Bertz CT molecular complexity index is 546. The van der Waals surface area contributed by atoms with Gasteiger partial charge >= 0.3 is 0 Å². The van der Waals surface area contributed by atoms with E-state index < -0.39 is 0 Å². The molecule has 24 heavy (non-hydrogen) atoms. The summed E-state index contributed by atoms with van der Waals surface area (Å²) in [6.45, 7) is 3.44. The van der Waals surface area contributed by atoms with E-state index in [1.54, 1.807) is 11.1 Å². The molecule has 2 fully saturated rings. The number of carbonyl (C=O) groups excluding carboxylic acids is 2. The van der Waals surface area contributed by atoms with Crippen LogP contribution in [0.4, 0.5) is 0 Å². The van der Waals surface area contributed by atoms with Crippen LogP contribution < -0.4 is 0 Å². The topological polar surface area (TPSA) is 67.7 Å². The number of amides is 2. The molecule has 1 aromatic heterocycles. The van der Waals surface area contributed by atoms with Crippen molar-refractivity contribution in [1.82, 2.24) is 19.6 Å². The molecule has 2 saturated heterocycles. The average Bonchev–Trinajstić information content (AvgIpc) is 2.85. The fraction of sp³-hybridized carbons (Fsp3) is 0.706. The van der Waals surface area contributed by atoms with E-state index in [-0.39, 0.29) is 24.5 Å². The van der Waals surface area contributed by atoms with Gasteiger partial charge in [0, 0.05) is 45.1 Å². The molecule has 7 nitrogen and oxygen atoms in total. The predicted octanol–water partition coefficient (Wildman–Crippen LogP) is 0.903. The number of nitrogens with zero attached hydrogens (tertiary/aromatic N) is 4. The van der Waals surface area contributed by atoms with Crippen molar-refractivity contribution in [3.8, 4) is 0 Å². The smallest absolute Gasteiger partial charge is 0.242 e. The number of likely N-dealkylation sites (tertiary alicyclic amines) is 1. The Balaban J connectivity index is 1.57. The number of ether oxygens (including phenoxy) is 1. The second-order valence-electron chi connectivity index (χ2n) is 6.54. The summed E-state index contributed by atoms with van der Waals surface area (Å²) in [6.07, 6.45) is 7.97. The fourth-order valence-corrected chi connectivity index (χ4v) is 3.32. The molecule has 3 heterocycles. The van der Waals surface area contributed by atoms with E-state index in [2.05, 4.69) is 5.10 Å². The lowest BCUT2D eigenvalue weighted by Gasteiger charge is -2.27. The van der Waals surface area contributed by atoms with Gasteiger partial charge in [0.05, 0.1) is 19.2 Å². The molecular weight excluding hydrogens is 308 g/mol. The highest BCUT2D eigenvalue weighted by Crippen LogP contribution is 2.13. The van der Waals surface area contributed by atoms with Crippen molar-refractivity contribution in [1.29, 1.82) is 0 Å². The third-order valence-electron chi connectivity index (χ3n) is 4.65. The van der Waals surface area contributed by atoms with Gasteiger partial charge < -0.3 is 14.5 Å². The van der Waals surface area contributed by atoms with E-state index >= 15 is 0 Å². The molecule has 0 spiro atoms. The minimum Gasteiger partial charge on any atom is -0.374 e. The van der Waals surface area contributed by atoms with E-state index in [0.29, 0.717) is 39.2 Å². The van der Waals surface area contributed by atoms with Crippen LogP contribution in [-0.2, 0) is 20.9 Å². The van der Waals surface area contributed by atoms with Crippen LogP contribution in [0.25, 0.3) is 0 Å². The van der Waals surface area contributed by atoms with Crippen LogP contribution in [0.15, 0.2) is 18.5 Å². The molecule has 7 heteroatoms. The number of carbonyl (C=O) groups is 2. The molecule has 2 aliphatic rings. The Labute approximate surface area is 142 Å². The quantitative estimate of drug-likeness (QED) is 0.821. The molecule has 0 saturated carbocycles. The summed E-state index contributed by atoms with van der Waals surface area (Å²) < 4.78 is 7.68. The van der Waals surface area contributed by atoms with E-state index in [1.807, 2.05) is 21.8 Å². The van der Waals surface area contributed by atoms with Gasteiger partial charge in [0.25, 0.3) is 0 Å². The number of rotatable bonds is 4. The first-order chi connectivity index (χ1) is 11.7. The molecule has 0 aromatic carbocycles. The van der Waals surface area contributed by atoms with Gasteiger partial charge in [-0.05, 0) is 25.3 Å². The van der Waals surface area contributed by atoms with Gasteiger partial charge in [-0.3, -0.25) is 14.3 Å². The Morgan fingerprint density at radius 3 is 3.00 bits per heavy atom. The number of hydrogen-bond donors (Lipinski definition) is 0. The van der Waals surface area contributed by atoms with Crippen molar-refractivity contribution < 1.29 is 14.3 Å². The fourth-order valence-electron chi connectivity index (χ4n) is 3.32. The highest BCUT2D eigenvalue weighted by atomic mass is 16.5. The van der Waals surface area contributed by atoms with Crippen molar-refractivity contribution >= 4 is 11.8 Å². The van der Waals surface area contributed by atoms with Crippen molar-refractivity contribution in [2.75, 3.05) is 32.8 Å². The molecule has 0 bridgehead atoms. The second kappa shape index (κ2) is 8.28. The third-order valence-corrected chi connectivity index (χ3v) is 4.65. The van der Waals surface area contributed by atoms with Crippen molar-refractivity contribution in [3.63, 3.8) is 0 Å². The van der Waals surface area contributed by atoms with Crippen LogP contribution in [0.2, 0.25) is 0 Å². The highest BCUT2D eigenvalue weighted by molar-refractivity contribution is 5.85. The van der Waals surface area contributed by atoms with Gasteiger partial charge in [-0.15, -0.1) is 0 Å². The maximum Gasteiger partial charge on any atom is 0.242 e. The van der Waals surface area contributed by atoms with Crippen LogP contribution in [0.5, 0.6) is 0 Å². The molecule has 0 N–H and O–H groups in total. The summed E-state index contributed by atoms with van der Waals surface area (Å²) in [7, 11) is 0. The van der Waals surface area contributed by atoms with Crippen LogP contribution in [0, 0.1) is 0 Å². The number of hydrogen-bond acceptors (Lipinski definition) is 4. The molecule has 2 amide bonds. The Hall–Kier alpha value is -1.89. The Morgan fingerprint density at radius 2 is 2.17 bits per heavy atom. The molecule has 3 rings (SSSR count). The van der Waals surface area contributed by atoms with E-state index in [0.717, 1.165) is 25.7 Å². The molecule has 0 aliphatic carbocycles. The Morgan fingerprint density at radius 1 is 1.25 bits per heavy atom. The molecule has 2 aliphatic heterocycles. The average molecular weight is 334 g/mol. The lowest BCUT2D eigenvalue weighted by atomic mass is 10.2. The molecule has 1 unspecified atom stereocenters. The number of aromatic nitrogens is 2. The lowest BCUT2D eigenvalue weighted by molar-refractivity contribution is -0.140. The van der Waals surface area contributed by atoms with Gasteiger partial charge in [-0.25, -0.2) is 0 Å². The maximum absolute atomic E-state index is 12.7. The van der Waals surface area contributed by atoms with Gasteiger partial charge in [0.2, 0.25) is 11.8 Å². The van der Waals surface area contributed by atoms with E-state index in [4.69, 9.17) is 4.74 Å². The molecule has 132 valence electrons. The zero-order chi connectivity index (χ0) is 16.8. The van der Waals surface area contributed by atoms with Crippen LogP contribution in [0.1, 0.15) is 32.1 Å². The van der Waals surface area contributed by atoms with Crippen molar-refractivity contribution in [2.45, 2.75) is 44.8 Å². The summed E-state index contributed by atoms with van der Waals surface area (Å²) in [5.41, 5.74) is 0. The second-order valence-corrected chi connectivity index (χ2v) is 6.54. The minimum atomic E-state index is -0.0591. The van der Waals surface area contributed by atoms with E-state index in [1.165, 1.54) is 0 Å². The SMILES string of the molecule is O=C1CCCCCN1CC(=O)N1CCCOC(Cn2cccn2)C1. The first-order valence-electron chi connectivity index (χ1n) is 8.87. The summed E-state index contributed by atoms with van der Waals surface area (Å²) in [4.78, 5) is 28.3.